The lowest BCUT2D eigenvalue weighted by Gasteiger charge is -2.11. The first-order valence-electron chi connectivity index (χ1n) is 11.3. The van der Waals surface area contributed by atoms with E-state index in [2.05, 4.69) is 24.3 Å². The number of carbonyl (C=O) groups is 1. The smallest absolute Gasteiger partial charge is 0.306 e. The zero-order chi connectivity index (χ0) is 18.7. The molecule has 1 aliphatic rings. The Morgan fingerprint density at radius 3 is 1.73 bits per heavy atom. The maximum absolute atomic E-state index is 11.8. The third-order valence-corrected chi connectivity index (χ3v) is 5.14. The van der Waals surface area contributed by atoms with Crippen LogP contribution in [0.5, 0.6) is 0 Å². The lowest BCUT2D eigenvalue weighted by Crippen LogP contribution is -2.13. The molecule has 0 spiro atoms. The second-order valence-corrected chi connectivity index (χ2v) is 7.84. The second kappa shape index (κ2) is 17.4. The molecule has 1 rings (SSSR count). The van der Waals surface area contributed by atoms with Crippen LogP contribution in [0.2, 0.25) is 0 Å². The zero-order valence-corrected chi connectivity index (χ0v) is 17.2. The first-order valence-corrected chi connectivity index (χ1v) is 11.3. The molecule has 0 aromatic heterocycles. The highest BCUT2D eigenvalue weighted by Gasteiger charge is 2.07. The lowest BCUT2D eigenvalue weighted by atomic mass is 10.0. The summed E-state index contributed by atoms with van der Waals surface area (Å²) in [6, 6.07) is 0. The van der Waals surface area contributed by atoms with Crippen LogP contribution in [0.3, 0.4) is 0 Å². The van der Waals surface area contributed by atoms with E-state index in [4.69, 9.17) is 4.74 Å². The fraction of sp³-hybridized carbons (Fsp3) is 0.792. The van der Waals surface area contributed by atoms with Gasteiger partial charge in [0, 0.05) is 12.8 Å². The third-order valence-electron chi connectivity index (χ3n) is 5.14. The fourth-order valence-electron chi connectivity index (χ4n) is 3.46. The Morgan fingerprint density at radius 1 is 0.654 bits per heavy atom. The van der Waals surface area contributed by atoms with Gasteiger partial charge in [-0.25, -0.2) is 0 Å². The molecule has 0 N–H and O–H groups in total. The largest absolute Gasteiger partial charge is 0.462 e. The van der Waals surface area contributed by atoms with E-state index in [1.54, 1.807) is 0 Å². The van der Waals surface area contributed by atoms with Crippen LogP contribution in [-0.2, 0) is 9.53 Å². The molecule has 0 amide bonds. The highest BCUT2D eigenvalue weighted by molar-refractivity contribution is 5.69. The molecule has 2 heteroatoms. The van der Waals surface area contributed by atoms with E-state index in [0.29, 0.717) is 6.42 Å². The molecule has 0 aromatic rings. The lowest BCUT2D eigenvalue weighted by molar-refractivity contribution is -0.148. The van der Waals surface area contributed by atoms with E-state index in [-0.39, 0.29) is 12.1 Å². The van der Waals surface area contributed by atoms with Crippen LogP contribution >= 0.6 is 0 Å². The second-order valence-electron chi connectivity index (χ2n) is 7.84. The maximum atomic E-state index is 11.8. The van der Waals surface area contributed by atoms with Crippen molar-refractivity contribution in [2.45, 2.75) is 122 Å². The van der Waals surface area contributed by atoms with E-state index in [1.807, 2.05) is 6.92 Å². The Bertz CT molecular complexity index is 384. The van der Waals surface area contributed by atoms with Gasteiger partial charge in [0.25, 0.3) is 0 Å². The van der Waals surface area contributed by atoms with Crippen LogP contribution in [0.25, 0.3) is 0 Å². The van der Waals surface area contributed by atoms with Crippen molar-refractivity contribution in [3.8, 4) is 0 Å². The predicted molar refractivity (Wildman–Crippen MR) is 112 cm³/mol. The summed E-state index contributed by atoms with van der Waals surface area (Å²) in [5.74, 6) is -0.0247. The minimum Gasteiger partial charge on any atom is -0.462 e. The number of allylic oxidation sites excluding steroid dienone is 3. The van der Waals surface area contributed by atoms with Crippen molar-refractivity contribution in [1.82, 2.24) is 0 Å². The first kappa shape index (κ1) is 23.0. The minimum atomic E-state index is -0.0247. The van der Waals surface area contributed by atoms with Crippen LogP contribution in [0.1, 0.15) is 116 Å². The molecular formula is C24H42O2. The van der Waals surface area contributed by atoms with Gasteiger partial charge in [0.05, 0.1) is 0 Å². The average molecular weight is 363 g/mol. The molecule has 0 aromatic carbocycles. The Kier molecular flexibility index (Phi) is 15.4. The van der Waals surface area contributed by atoms with Crippen molar-refractivity contribution in [1.29, 1.82) is 0 Å². The summed E-state index contributed by atoms with van der Waals surface area (Å²) in [6.45, 7) is 1.99. The van der Waals surface area contributed by atoms with Crippen molar-refractivity contribution < 1.29 is 9.53 Å². The van der Waals surface area contributed by atoms with Crippen LogP contribution < -0.4 is 0 Å². The first-order chi connectivity index (χ1) is 12.8. The van der Waals surface area contributed by atoms with Gasteiger partial charge in [-0.15, -0.1) is 0 Å². The molecular weight excluding hydrogens is 320 g/mol. The number of hydrogen-bond donors (Lipinski definition) is 0. The zero-order valence-electron chi connectivity index (χ0n) is 17.2. The molecule has 2 nitrogen and oxygen atoms in total. The van der Waals surface area contributed by atoms with Crippen molar-refractivity contribution >= 4 is 5.97 Å². The van der Waals surface area contributed by atoms with E-state index in [1.165, 1.54) is 70.6 Å². The molecule has 1 atom stereocenters. The Labute approximate surface area is 162 Å². The fourth-order valence-corrected chi connectivity index (χ4v) is 3.46. The van der Waals surface area contributed by atoms with E-state index in [9.17, 15) is 4.79 Å². The summed E-state index contributed by atoms with van der Waals surface area (Å²) in [5.41, 5.74) is 0. The van der Waals surface area contributed by atoms with Crippen molar-refractivity contribution in [2.75, 3.05) is 0 Å². The minimum absolute atomic E-state index is 0.000152. The number of esters is 1. The van der Waals surface area contributed by atoms with Crippen molar-refractivity contribution in [2.24, 2.45) is 0 Å². The number of hydrogen-bond acceptors (Lipinski definition) is 2. The van der Waals surface area contributed by atoms with Crippen LogP contribution in [0, 0.1) is 0 Å². The summed E-state index contributed by atoms with van der Waals surface area (Å²) in [5, 5.41) is 0. The summed E-state index contributed by atoms with van der Waals surface area (Å²) >= 11 is 0. The summed E-state index contributed by atoms with van der Waals surface area (Å²) in [4.78, 5) is 11.8. The van der Waals surface area contributed by atoms with E-state index in [0.717, 1.165) is 32.1 Å². The average Bonchev–Trinajstić information content (AvgIpc) is 2.62. The molecule has 0 radical (unpaired) electrons. The molecule has 1 heterocycles. The highest BCUT2D eigenvalue weighted by Crippen LogP contribution is 2.14. The summed E-state index contributed by atoms with van der Waals surface area (Å²) < 4.78 is 5.48. The quantitative estimate of drug-likeness (QED) is 0.326. The van der Waals surface area contributed by atoms with E-state index >= 15 is 0 Å². The van der Waals surface area contributed by atoms with Gasteiger partial charge in [0.15, 0.2) is 0 Å². The Balaban J connectivity index is 2.25. The third kappa shape index (κ3) is 15.2. The molecule has 0 saturated heterocycles. The molecule has 0 fully saturated rings. The number of rotatable bonds is 0. The summed E-state index contributed by atoms with van der Waals surface area (Å²) in [6.07, 6.45) is 29.7. The van der Waals surface area contributed by atoms with Gasteiger partial charge in [-0.1, -0.05) is 88.5 Å². The molecule has 0 aliphatic carbocycles. The number of carbonyl (C=O) groups excluding carboxylic acids is 1. The van der Waals surface area contributed by atoms with Crippen LogP contribution in [-0.4, -0.2) is 12.1 Å². The predicted octanol–water partition coefficient (Wildman–Crippen LogP) is 7.68. The van der Waals surface area contributed by atoms with Gasteiger partial charge < -0.3 is 4.74 Å². The van der Waals surface area contributed by atoms with Crippen molar-refractivity contribution in [3.63, 3.8) is 0 Å². The Morgan fingerprint density at radius 2 is 1.12 bits per heavy atom. The summed E-state index contributed by atoms with van der Waals surface area (Å²) in [7, 11) is 0. The molecule has 0 bridgehead atoms. The van der Waals surface area contributed by atoms with Gasteiger partial charge in [-0.2, -0.15) is 0 Å². The highest BCUT2D eigenvalue weighted by atomic mass is 16.5. The van der Waals surface area contributed by atoms with Crippen molar-refractivity contribution in [3.05, 3.63) is 24.3 Å². The molecule has 0 unspecified atom stereocenters. The van der Waals surface area contributed by atoms with Gasteiger partial charge in [-0.3, -0.25) is 4.79 Å². The molecule has 150 valence electrons. The topological polar surface area (TPSA) is 26.3 Å². The van der Waals surface area contributed by atoms with Gasteiger partial charge in [0.2, 0.25) is 0 Å². The molecule has 0 saturated carbocycles. The standard InChI is InChI=1S/C24H42O2/c1-23-21-19-17-15-13-11-9-7-5-3-2-4-6-8-10-12-14-16-18-20-22-24(25)26-23/h9,11,17,19,23H,2-8,10,12-16,18,20-22H2,1H3/b11-9-,19-17+/t23-/m0/s1. The number of cyclic esters (lactones) is 1. The monoisotopic (exact) mass is 362 g/mol. The molecule has 26 heavy (non-hydrogen) atoms. The Hall–Kier alpha value is -1.05. The van der Waals surface area contributed by atoms with Gasteiger partial charge in [-0.05, 0) is 39.0 Å². The van der Waals surface area contributed by atoms with Gasteiger partial charge in [0.1, 0.15) is 6.10 Å². The SMILES string of the molecule is C[C@H]1C/C=C/CC/C=C\CCCCCCCCCCCCCCC(=O)O1. The normalized spacial score (nSPS) is 27.0. The van der Waals surface area contributed by atoms with E-state index < -0.39 is 0 Å². The number of ether oxygens (including phenoxy) is 1. The van der Waals surface area contributed by atoms with Crippen LogP contribution in [0.15, 0.2) is 24.3 Å². The maximum Gasteiger partial charge on any atom is 0.306 e. The van der Waals surface area contributed by atoms with Gasteiger partial charge >= 0.3 is 5.97 Å². The molecule has 1 aliphatic heterocycles. The van der Waals surface area contributed by atoms with Crippen LogP contribution in [0.4, 0.5) is 0 Å².